The van der Waals surface area contributed by atoms with Gasteiger partial charge in [0.05, 0.1) is 0 Å². The molecule has 64 valence electrons. The number of carbonyl (C=O) groups is 1. The quantitative estimate of drug-likeness (QED) is 0.629. The minimum absolute atomic E-state index is 0.0431. The predicted molar refractivity (Wildman–Crippen MR) is 47.8 cm³/mol. The van der Waals surface area contributed by atoms with E-state index in [0.717, 1.165) is 17.1 Å². The van der Waals surface area contributed by atoms with Crippen LogP contribution in [0.25, 0.3) is 5.57 Å². The Hall–Kier alpha value is -1.31. The fourth-order valence-corrected chi connectivity index (χ4v) is 1.02. The number of carbonyl (C=O) groups excluding carboxylic acids is 1. The molecule has 0 spiro atoms. The van der Waals surface area contributed by atoms with Crippen molar-refractivity contribution in [2.75, 3.05) is 0 Å². The van der Waals surface area contributed by atoms with Crippen LogP contribution in [0.2, 0.25) is 0 Å². The third-order valence-electron chi connectivity index (χ3n) is 1.55. The van der Waals surface area contributed by atoms with Crippen LogP contribution < -0.4 is 0 Å². The van der Waals surface area contributed by atoms with Crippen LogP contribution >= 0.6 is 0 Å². The average Bonchev–Trinajstić information content (AvgIpc) is 2.34. The zero-order chi connectivity index (χ0) is 9.14. The van der Waals surface area contributed by atoms with E-state index in [0.29, 0.717) is 0 Å². The van der Waals surface area contributed by atoms with Gasteiger partial charge >= 0.3 is 0 Å². The predicted octanol–water partition coefficient (Wildman–Crippen LogP) is 2.58. The van der Waals surface area contributed by atoms with Crippen molar-refractivity contribution in [2.24, 2.45) is 0 Å². The molecule has 0 atom stereocenters. The van der Waals surface area contributed by atoms with Crippen LogP contribution in [0, 0.1) is 6.92 Å². The minimum Gasteiger partial charge on any atom is -0.462 e. The summed E-state index contributed by atoms with van der Waals surface area (Å²) in [5, 5.41) is 0. The number of aryl methyl sites for hydroxylation is 1. The zero-order valence-electron chi connectivity index (χ0n) is 7.55. The van der Waals surface area contributed by atoms with E-state index >= 15 is 0 Å². The maximum Gasteiger partial charge on any atom is 0.153 e. The van der Waals surface area contributed by atoms with Crippen LogP contribution in [-0.4, -0.2) is 5.78 Å². The van der Waals surface area contributed by atoms with E-state index in [4.69, 9.17) is 4.42 Å². The molecule has 1 heterocycles. The Morgan fingerprint density at radius 3 is 2.50 bits per heavy atom. The zero-order valence-corrected chi connectivity index (χ0v) is 7.55. The van der Waals surface area contributed by atoms with Crippen molar-refractivity contribution in [3.05, 3.63) is 29.7 Å². The molecule has 0 unspecified atom stereocenters. The number of hydrogen-bond acceptors (Lipinski definition) is 2. The van der Waals surface area contributed by atoms with Crippen molar-refractivity contribution in [3.63, 3.8) is 0 Å². The van der Waals surface area contributed by atoms with Crippen LogP contribution in [0.3, 0.4) is 0 Å². The highest BCUT2D eigenvalue weighted by molar-refractivity contribution is 5.94. The Bertz CT molecular complexity index is 318. The molecule has 0 N–H and O–H groups in total. The molecule has 0 fully saturated rings. The molecule has 1 aromatic rings. The van der Waals surface area contributed by atoms with Gasteiger partial charge in [-0.15, -0.1) is 0 Å². The first-order valence-corrected chi connectivity index (χ1v) is 3.85. The molecule has 0 aliphatic carbocycles. The second kappa shape index (κ2) is 3.39. The highest BCUT2D eigenvalue weighted by Crippen LogP contribution is 2.16. The highest BCUT2D eigenvalue weighted by atomic mass is 16.3. The molecule has 1 aromatic heterocycles. The second-order valence-electron chi connectivity index (χ2n) is 2.85. The second-order valence-corrected chi connectivity index (χ2v) is 2.85. The van der Waals surface area contributed by atoms with Crippen LogP contribution in [0.4, 0.5) is 0 Å². The molecule has 0 aromatic carbocycles. The lowest BCUT2D eigenvalue weighted by atomic mass is 10.2. The SMILES string of the molecule is CC(=O)/C=C(/C)c1ccc(C)o1. The summed E-state index contributed by atoms with van der Waals surface area (Å²) >= 11 is 0. The lowest BCUT2D eigenvalue weighted by Gasteiger charge is -1.93. The van der Waals surface area contributed by atoms with Gasteiger partial charge in [0.2, 0.25) is 0 Å². The molecule has 0 aliphatic rings. The molecule has 0 saturated heterocycles. The summed E-state index contributed by atoms with van der Waals surface area (Å²) in [6, 6.07) is 3.75. The van der Waals surface area contributed by atoms with Crippen LogP contribution in [0.15, 0.2) is 22.6 Å². The molecule has 0 saturated carbocycles. The first-order chi connectivity index (χ1) is 5.59. The summed E-state index contributed by atoms with van der Waals surface area (Å²) in [6.45, 7) is 5.27. The van der Waals surface area contributed by atoms with Gasteiger partial charge in [0.1, 0.15) is 11.5 Å². The average molecular weight is 164 g/mol. The van der Waals surface area contributed by atoms with E-state index in [1.165, 1.54) is 6.92 Å². The van der Waals surface area contributed by atoms with Crippen LogP contribution in [-0.2, 0) is 4.79 Å². The monoisotopic (exact) mass is 164 g/mol. The van der Waals surface area contributed by atoms with Crippen molar-refractivity contribution in [2.45, 2.75) is 20.8 Å². The Labute approximate surface area is 71.9 Å². The molecular formula is C10H12O2. The summed E-state index contributed by atoms with van der Waals surface area (Å²) in [7, 11) is 0. The number of ketones is 1. The van der Waals surface area contributed by atoms with E-state index in [1.54, 1.807) is 6.08 Å². The van der Waals surface area contributed by atoms with E-state index in [1.807, 2.05) is 26.0 Å². The lowest BCUT2D eigenvalue weighted by molar-refractivity contribution is -0.112. The van der Waals surface area contributed by atoms with Crippen LogP contribution in [0.1, 0.15) is 25.4 Å². The van der Waals surface area contributed by atoms with Crippen LogP contribution in [0.5, 0.6) is 0 Å². The Kier molecular flexibility index (Phi) is 2.48. The van der Waals surface area contributed by atoms with Crippen molar-refractivity contribution in [3.8, 4) is 0 Å². The van der Waals surface area contributed by atoms with Gasteiger partial charge in [0, 0.05) is 0 Å². The van der Waals surface area contributed by atoms with Gasteiger partial charge in [0.25, 0.3) is 0 Å². The van der Waals surface area contributed by atoms with Gasteiger partial charge in [-0.05, 0) is 44.6 Å². The fraction of sp³-hybridized carbons (Fsp3) is 0.300. The van der Waals surface area contributed by atoms with Crippen molar-refractivity contribution >= 4 is 11.4 Å². The molecule has 1 rings (SSSR count). The third kappa shape index (κ3) is 2.09. The van der Waals surface area contributed by atoms with E-state index < -0.39 is 0 Å². The standard InChI is InChI=1S/C10H12O2/c1-7(6-8(2)11)10-5-4-9(3)12-10/h4-6H,1-3H3/b7-6-. The van der Waals surface area contributed by atoms with E-state index in [2.05, 4.69) is 0 Å². The van der Waals surface area contributed by atoms with Gasteiger partial charge in [-0.1, -0.05) is 0 Å². The minimum atomic E-state index is 0.0431. The molecule has 12 heavy (non-hydrogen) atoms. The summed E-state index contributed by atoms with van der Waals surface area (Å²) in [5.74, 6) is 1.67. The normalized spacial score (nSPS) is 11.8. The summed E-state index contributed by atoms with van der Waals surface area (Å²) in [6.07, 6.45) is 1.57. The van der Waals surface area contributed by atoms with E-state index in [9.17, 15) is 4.79 Å². The Balaban J connectivity index is 2.91. The maximum absolute atomic E-state index is 10.7. The summed E-state index contributed by atoms with van der Waals surface area (Å²) in [4.78, 5) is 10.7. The molecular weight excluding hydrogens is 152 g/mol. The van der Waals surface area contributed by atoms with Gasteiger partial charge in [-0.3, -0.25) is 4.79 Å². The molecule has 0 aliphatic heterocycles. The maximum atomic E-state index is 10.7. The third-order valence-corrected chi connectivity index (χ3v) is 1.55. The molecule has 0 radical (unpaired) electrons. The van der Waals surface area contributed by atoms with Gasteiger partial charge in [-0.25, -0.2) is 0 Å². The molecule has 2 nitrogen and oxygen atoms in total. The van der Waals surface area contributed by atoms with Crippen molar-refractivity contribution < 1.29 is 9.21 Å². The highest BCUT2D eigenvalue weighted by Gasteiger charge is 2.00. The Morgan fingerprint density at radius 2 is 2.08 bits per heavy atom. The molecule has 0 amide bonds. The summed E-state index contributed by atoms with van der Waals surface area (Å²) < 4.78 is 5.33. The molecule has 0 bridgehead atoms. The topological polar surface area (TPSA) is 30.2 Å². The van der Waals surface area contributed by atoms with E-state index in [-0.39, 0.29) is 5.78 Å². The van der Waals surface area contributed by atoms with Crippen molar-refractivity contribution in [1.82, 2.24) is 0 Å². The van der Waals surface area contributed by atoms with Crippen molar-refractivity contribution in [1.29, 1.82) is 0 Å². The first kappa shape index (κ1) is 8.78. The molecule has 2 heteroatoms. The van der Waals surface area contributed by atoms with Gasteiger partial charge in [-0.2, -0.15) is 0 Å². The van der Waals surface area contributed by atoms with Gasteiger partial charge in [0.15, 0.2) is 5.78 Å². The smallest absolute Gasteiger partial charge is 0.153 e. The lowest BCUT2D eigenvalue weighted by Crippen LogP contribution is -1.83. The number of furan rings is 1. The first-order valence-electron chi connectivity index (χ1n) is 3.85. The number of allylic oxidation sites excluding steroid dienone is 2. The van der Waals surface area contributed by atoms with Gasteiger partial charge < -0.3 is 4.42 Å². The number of rotatable bonds is 2. The fourth-order valence-electron chi connectivity index (χ4n) is 1.02. The number of hydrogen-bond donors (Lipinski definition) is 0. The largest absolute Gasteiger partial charge is 0.462 e. The summed E-state index contributed by atoms with van der Waals surface area (Å²) in [5.41, 5.74) is 0.871. The Morgan fingerprint density at radius 1 is 1.42 bits per heavy atom.